The highest BCUT2D eigenvalue weighted by molar-refractivity contribution is 5.44. The number of likely N-dealkylation sites (N-methyl/N-ethyl adjacent to an activating group) is 1. The fraction of sp³-hybridized carbons (Fsp3) is 0.769. The van der Waals surface area contributed by atoms with Gasteiger partial charge in [0.1, 0.15) is 0 Å². The van der Waals surface area contributed by atoms with Gasteiger partial charge >= 0.3 is 0 Å². The molecular formula is C13H24N8. The van der Waals surface area contributed by atoms with Gasteiger partial charge < -0.3 is 15.1 Å². The number of nitrogens with zero attached hydrogens (tertiary/aromatic N) is 5. The molecule has 1 atom stereocenters. The van der Waals surface area contributed by atoms with Gasteiger partial charge in [-0.15, -0.1) is 0 Å². The normalized spacial score (nSPS) is 23.3. The molecule has 21 heavy (non-hydrogen) atoms. The molecule has 1 aromatic heterocycles. The Morgan fingerprint density at radius 1 is 1.05 bits per heavy atom. The van der Waals surface area contributed by atoms with Crippen molar-refractivity contribution < 1.29 is 0 Å². The van der Waals surface area contributed by atoms with E-state index in [1.807, 2.05) is 0 Å². The van der Waals surface area contributed by atoms with Crippen LogP contribution in [0.2, 0.25) is 0 Å². The van der Waals surface area contributed by atoms with Gasteiger partial charge in [-0.1, -0.05) is 0 Å². The number of aromatic nitrogens is 3. The second-order valence-electron chi connectivity index (χ2n) is 5.87. The van der Waals surface area contributed by atoms with Gasteiger partial charge in [0.15, 0.2) is 0 Å². The van der Waals surface area contributed by atoms with Gasteiger partial charge in [-0.2, -0.15) is 15.0 Å². The zero-order valence-electron chi connectivity index (χ0n) is 12.5. The third kappa shape index (κ3) is 3.51. The number of piperidine rings is 1. The molecule has 2 saturated heterocycles. The van der Waals surface area contributed by atoms with Gasteiger partial charge in [0.05, 0.1) is 0 Å². The van der Waals surface area contributed by atoms with E-state index < -0.39 is 0 Å². The first-order valence-corrected chi connectivity index (χ1v) is 7.67. The van der Waals surface area contributed by atoms with Crippen LogP contribution in [-0.4, -0.2) is 59.1 Å². The number of likely N-dealkylation sites (tertiary alicyclic amines) is 1. The van der Waals surface area contributed by atoms with Gasteiger partial charge in [-0.05, 0) is 39.3 Å². The molecule has 0 aromatic carbocycles. The summed E-state index contributed by atoms with van der Waals surface area (Å²) in [6.45, 7) is 4.11. The molecule has 0 spiro atoms. The van der Waals surface area contributed by atoms with Gasteiger partial charge in [0.2, 0.25) is 17.8 Å². The van der Waals surface area contributed by atoms with E-state index in [-0.39, 0.29) is 0 Å². The Kier molecular flexibility index (Phi) is 4.35. The molecule has 0 aliphatic carbocycles. The lowest BCUT2D eigenvalue weighted by Crippen LogP contribution is -2.32. The molecule has 116 valence electrons. The van der Waals surface area contributed by atoms with Crippen LogP contribution in [0.5, 0.6) is 0 Å². The Labute approximate surface area is 125 Å². The van der Waals surface area contributed by atoms with Crippen LogP contribution in [0.3, 0.4) is 0 Å². The molecule has 2 fully saturated rings. The molecule has 3 rings (SSSR count). The van der Waals surface area contributed by atoms with E-state index in [9.17, 15) is 0 Å². The van der Waals surface area contributed by atoms with Crippen LogP contribution in [0.15, 0.2) is 0 Å². The molecule has 0 radical (unpaired) electrons. The van der Waals surface area contributed by atoms with Crippen molar-refractivity contribution in [3.05, 3.63) is 0 Å². The third-order valence-electron chi connectivity index (χ3n) is 4.12. The Bertz CT molecular complexity index is 473. The Balaban J connectivity index is 1.75. The zero-order valence-corrected chi connectivity index (χ0v) is 12.5. The first-order chi connectivity index (χ1) is 10.2. The van der Waals surface area contributed by atoms with Crippen LogP contribution >= 0.6 is 0 Å². The number of rotatable bonds is 4. The largest absolute Gasteiger partial charge is 0.350 e. The molecular weight excluding hydrogens is 268 g/mol. The van der Waals surface area contributed by atoms with Gasteiger partial charge in [0, 0.05) is 25.7 Å². The van der Waals surface area contributed by atoms with Crippen LogP contribution < -0.4 is 21.5 Å². The monoisotopic (exact) mass is 292 g/mol. The molecule has 0 saturated carbocycles. The Hall–Kier alpha value is -1.67. The lowest BCUT2D eigenvalue weighted by molar-refractivity contribution is 0.414. The maximum atomic E-state index is 5.49. The van der Waals surface area contributed by atoms with Crippen LogP contribution in [0.1, 0.15) is 25.7 Å². The highest BCUT2D eigenvalue weighted by Crippen LogP contribution is 2.19. The van der Waals surface area contributed by atoms with Gasteiger partial charge in [0.25, 0.3) is 0 Å². The lowest BCUT2D eigenvalue weighted by Gasteiger charge is -2.27. The van der Waals surface area contributed by atoms with E-state index >= 15 is 0 Å². The number of nitrogen functional groups attached to an aromatic ring is 1. The third-order valence-corrected chi connectivity index (χ3v) is 4.12. The van der Waals surface area contributed by atoms with E-state index in [0.29, 0.717) is 23.9 Å². The number of nitrogens with one attached hydrogen (secondary N) is 2. The van der Waals surface area contributed by atoms with Gasteiger partial charge in [-0.3, -0.25) is 5.43 Å². The van der Waals surface area contributed by atoms with Crippen molar-refractivity contribution in [3.63, 3.8) is 0 Å². The van der Waals surface area contributed by atoms with Crippen LogP contribution in [0.4, 0.5) is 17.8 Å². The van der Waals surface area contributed by atoms with Crippen LogP contribution in [0, 0.1) is 0 Å². The number of anilines is 3. The highest BCUT2D eigenvalue weighted by Gasteiger charge is 2.21. The Morgan fingerprint density at radius 2 is 1.81 bits per heavy atom. The first-order valence-electron chi connectivity index (χ1n) is 7.67. The average molecular weight is 292 g/mol. The standard InChI is InChI=1S/C13H24N8/c1-20-8-5-10(9-20)15-11-16-12(19-14)18-13(17-11)21-6-3-2-4-7-21/h10H,2-9,14H2,1H3,(H2,15,16,17,18,19). The molecule has 4 N–H and O–H groups in total. The molecule has 2 aliphatic heterocycles. The van der Waals surface area contributed by atoms with Crippen molar-refractivity contribution in [3.8, 4) is 0 Å². The van der Waals surface area contributed by atoms with Crippen molar-refractivity contribution in [1.29, 1.82) is 0 Å². The van der Waals surface area contributed by atoms with Crippen LogP contribution in [0.25, 0.3) is 0 Å². The summed E-state index contributed by atoms with van der Waals surface area (Å²) in [4.78, 5) is 17.8. The van der Waals surface area contributed by atoms with Crippen molar-refractivity contribution in [2.75, 3.05) is 48.9 Å². The minimum Gasteiger partial charge on any atom is -0.350 e. The number of nitrogens with two attached hydrogens (primary N) is 1. The van der Waals surface area contributed by atoms with E-state index in [1.54, 1.807) is 0 Å². The van der Waals surface area contributed by atoms with Crippen molar-refractivity contribution in [1.82, 2.24) is 19.9 Å². The maximum absolute atomic E-state index is 5.49. The predicted molar refractivity (Wildman–Crippen MR) is 83.2 cm³/mol. The topological polar surface area (TPSA) is 95.2 Å². The summed E-state index contributed by atoms with van der Waals surface area (Å²) < 4.78 is 0. The first kappa shape index (κ1) is 14.3. The summed E-state index contributed by atoms with van der Waals surface area (Å²) in [5, 5.41) is 3.40. The second-order valence-corrected chi connectivity index (χ2v) is 5.87. The molecule has 2 aliphatic rings. The SMILES string of the molecule is CN1CCC(Nc2nc(NN)nc(N3CCCCC3)n2)C1. The fourth-order valence-electron chi connectivity index (χ4n) is 2.96. The van der Waals surface area contributed by atoms with Crippen molar-refractivity contribution >= 4 is 17.8 Å². The maximum Gasteiger partial charge on any atom is 0.243 e. The zero-order chi connectivity index (χ0) is 14.7. The molecule has 0 amide bonds. The smallest absolute Gasteiger partial charge is 0.243 e. The summed E-state index contributed by atoms with van der Waals surface area (Å²) in [6, 6.07) is 0.386. The minimum atomic E-state index is 0.386. The van der Waals surface area contributed by atoms with E-state index in [4.69, 9.17) is 5.84 Å². The lowest BCUT2D eigenvalue weighted by atomic mass is 10.1. The molecule has 1 unspecified atom stereocenters. The fourth-order valence-corrected chi connectivity index (χ4v) is 2.96. The summed E-state index contributed by atoms with van der Waals surface area (Å²) in [5.74, 6) is 7.23. The molecule has 1 aromatic rings. The molecule has 8 nitrogen and oxygen atoms in total. The average Bonchev–Trinajstić information content (AvgIpc) is 2.93. The minimum absolute atomic E-state index is 0.386. The van der Waals surface area contributed by atoms with Crippen LogP contribution in [-0.2, 0) is 0 Å². The van der Waals surface area contributed by atoms with E-state index in [2.05, 4.69) is 42.5 Å². The molecule has 0 bridgehead atoms. The van der Waals surface area contributed by atoms with Gasteiger partial charge in [-0.25, -0.2) is 5.84 Å². The second kappa shape index (κ2) is 6.40. The summed E-state index contributed by atoms with van der Waals surface area (Å²) in [5.41, 5.74) is 2.54. The van der Waals surface area contributed by atoms with E-state index in [0.717, 1.165) is 32.6 Å². The number of hydrogen-bond acceptors (Lipinski definition) is 8. The quantitative estimate of drug-likeness (QED) is 0.537. The Morgan fingerprint density at radius 3 is 2.48 bits per heavy atom. The highest BCUT2D eigenvalue weighted by atomic mass is 15.4. The summed E-state index contributed by atoms with van der Waals surface area (Å²) >= 11 is 0. The number of hydrazine groups is 1. The summed E-state index contributed by atoms with van der Waals surface area (Å²) in [6.07, 6.45) is 4.76. The van der Waals surface area contributed by atoms with Crippen molar-refractivity contribution in [2.24, 2.45) is 5.84 Å². The molecule has 8 heteroatoms. The predicted octanol–water partition coefficient (Wildman–Crippen LogP) is 0.264. The molecule has 3 heterocycles. The summed E-state index contributed by atoms with van der Waals surface area (Å²) in [7, 11) is 2.13. The van der Waals surface area contributed by atoms with Crippen molar-refractivity contribution in [2.45, 2.75) is 31.7 Å². The number of hydrogen-bond donors (Lipinski definition) is 3. The van der Waals surface area contributed by atoms with E-state index in [1.165, 1.54) is 19.3 Å².